The minimum Gasteiger partial charge on any atom is -0.491 e. The molecule has 0 aliphatic carbocycles. The predicted molar refractivity (Wildman–Crippen MR) is 80.0 cm³/mol. The summed E-state index contributed by atoms with van der Waals surface area (Å²) in [7, 11) is 1.64. The molecule has 0 spiro atoms. The molecule has 1 N–H and O–H groups in total. The van der Waals surface area contributed by atoms with Crippen LogP contribution < -0.4 is 10.1 Å². The third-order valence-corrected chi connectivity index (χ3v) is 2.97. The van der Waals surface area contributed by atoms with Crippen LogP contribution in [0.4, 0.5) is 10.1 Å². The minimum absolute atomic E-state index is 0.0279. The van der Waals surface area contributed by atoms with Gasteiger partial charge in [-0.3, -0.25) is 4.98 Å². The number of benzene rings is 1. The molecule has 2 aromatic rings. The van der Waals surface area contributed by atoms with Crippen LogP contribution >= 0.6 is 0 Å². The molecule has 5 heteroatoms. The van der Waals surface area contributed by atoms with Crippen molar-refractivity contribution < 1.29 is 13.9 Å². The van der Waals surface area contributed by atoms with E-state index < -0.39 is 0 Å². The Morgan fingerprint density at radius 1 is 1.24 bits per heavy atom. The normalized spacial score (nSPS) is 12.0. The molecule has 1 heterocycles. The summed E-state index contributed by atoms with van der Waals surface area (Å²) in [5.41, 5.74) is 1.70. The smallest absolute Gasteiger partial charge is 0.141 e. The molecule has 0 amide bonds. The highest BCUT2D eigenvalue weighted by Crippen LogP contribution is 2.22. The van der Waals surface area contributed by atoms with Crippen LogP contribution in [0.25, 0.3) is 0 Å². The van der Waals surface area contributed by atoms with Crippen LogP contribution in [-0.4, -0.2) is 25.3 Å². The second-order valence-corrected chi connectivity index (χ2v) is 4.64. The zero-order valence-corrected chi connectivity index (χ0v) is 12.2. The van der Waals surface area contributed by atoms with E-state index in [0.717, 1.165) is 17.1 Å². The zero-order chi connectivity index (χ0) is 15.1. The summed E-state index contributed by atoms with van der Waals surface area (Å²) in [5.74, 6) is 0.441. The molecule has 4 nitrogen and oxygen atoms in total. The standard InChI is InChI=1S/C16H19FN2O2/c1-12(16-7-6-13(17)11-18-16)19-14-4-3-5-15(10-14)21-9-8-20-2/h3-7,10-12,19H,8-9H2,1-2H3. The van der Waals surface area contributed by atoms with Crippen LogP contribution in [0.3, 0.4) is 0 Å². The van der Waals surface area contributed by atoms with E-state index in [1.54, 1.807) is 13.2 Å². The van der Waals surface area contributed by atoms with E-state index in [1.165, 1.54) is 12.3 Å². The number of ether oxygens (including phenoxy) is 2. The second kappa shape index (κ2) is 7.59. The van der Waals surface area contributed by atoms with E-state index in [2.05, 4.69) is 10.3 Å². The van der Waals surface area contributed by atoms with Crippen LogP contribution in [0.1, 0.15) is 18.7 Å². The number of methoxy groups -OCH3 is 1. The van der Waals surface area contributed by atoms with Gasteiger partial charge >= 0.3 is 0 Å². The molecule has 1 aromatic heterocycles. The average Bonchev–Trinajstić information content (AvgIpc) is 2.48. The molecule has 0 bridgehead atoms. The first kappa shape index (κ1) is 15.3. The molecule has 1 atom stereocenters. The van der Waals surface area contributed by atoms with Crippen molar-refractivity contribution >= 4 is 5.69 Å². The maximum Gasteiger partial charge on any atom is 0.141 e. The predicted octanol–water partition coefficient (Wildman–Crippen LogP) is 3.42. The minimum atomic E-state index is -0.334. The Hall–Kier alpha value is -2.14. The Labute approximate surface area is 123 Å². The lowest BCUT2D eigenvalue weighted by atomic mass is 10.2. The van der Waals surface area contributed by atoms with E-state index in [0.29, 0.717) is 13.2 Å². The van der Waals surface area contributed by atoms with Gasteiger partial charge in [-0.1, -0.05) is 6.07 Å². The van der Waals surface area contributed by atoms with Crippen LogP contribution in [0.5, 0.6) is 5.75 Å². The van der Waals surface area contributed by atoms with E-state index in [1.807, 2.05) is 31.2 Å². The van der Waals surface area contributed by atoms with Gasteiger partial charge in [0.15, 0.2) is 0 Å². The van der Waals surface area contributed by atoms with Gasteiger partial charge in [-0.15, -0.1) is 0 Å². The molecule has 0 radical (unpaired) electrons. The quantitative estimate of drug-likeness (QED) is 0.794. The fourth-order valence-electron chi connectivity index (χ4n) is 1.89. The van der Waals surface area contributed by atoms with Crippen molar-refractivity contribution in [3.05, 3.63) is 54.1 Å². The summed E-state index contributed by atoms with van der Waals surface area (Å²) in [6, 6.07) is 10.7. The lowest BCUT2D eigenvalue weighted by molar-refractivity contribution is 0.146. The van der Waals surface area contributed by atoms with Crippen LogP contribution in [-0.2, 0) is 4.74 Å². The van der Waals surface area contributed by atoms with Crippen molar-refractivity contribution in [3.63, 3.8) is 0 Å². The van der Waals surface area contributed by atoms with Crippen LogP contribution in [0.15, 0.2) is 42.6 Å². The summed E-state index contributed by atoms with van der Waals surface area (Å²) in [5, 5.41) is 3.31. The number of pyridine rings is 1. The fraction of sp³-hybridized carbons (Fsp3) is 0.312. The number of aromatic nitrogens is 1. The van der Waals surface area contributed by atoms with Crippen molar-refractivity contribution in [3.8, 4) is 5.75 Å². The summed E-state index contributed by atoms with van der Waals surface area (Å²) in [6.07, 6.45) is 1.22. The van der Waals surface area contributed by atoms with E-state index >= 15 is 0 Å². The molecule has 0 saturated heterocycles. The van der Waals surface area contributed by atoms with Crippen molar-refractivity contribution in [2.45, 2.75) is 13.0 Å². The number of anilines is 1. The van der Waals surface area contributed by atoms with E-state index in [-0.39, 0.29) is 11.9 Å². The SMILES string of the molecule is COCCOc1cccc(NC(C)c2ccc(F)cn2)c1. The van der Waals surface area contributed by atoms with Gasteiger partial charge in [0.2, 0.25) is 0 Å². The van der Waals surface area contributed by atoms with Gasteiger partial charge in [0.05, 0.1) is 24.5 Å². The van der Waals surface area contributed by atoms with E-state index in [4.69, 9.17) is 9.47 Å². The Balaban J connectivity index is 1.98. The number of rotatable bonds is 7. The zero-order valence-electron chi connectivity index (χ0n) is 12.2. The number of hydrogen-bond acceptors (Lipinski definition) is 4. The van der Waals surface area contributed by atoms with Gasteiger partial charge in [-0.25, -0.2) is 4.39 Å². The third kappa shape index (κ3) is 4.72. The lowest BCUT2D eigenvalue weighted by Gasteiger charge is -2.15. The highest BCUT2D eigenvalue weighted by molar-refractivity contribution is 5.49. The maximum absolute atomic E-state index is 12.9. The Bertz CT molecular complexity index is 560. The van der Waals surface area contributed by atoms with Crippen molar-refractivity contribution in [1.82, 2.24) is 4.98 Å². The van der Waals surface area contributed by atoms with Gasteiger partial charge in [-0.05, 0) is 31.2 Å². The largest absolute Gasteiger partial charge is 0.491 e. The summed E-state index contributed by atoms with van der Waals surface area (Å²) in [4.78, 5) is 4.07. The van der Waals surface area contributed by atoms with Crippen molar-refractivity contribution in [1.29, 1.82) is 0 Å². The molecule has 1 unspecified atom stereocenters. The average molecular weight is 290 g/mol. The van der Waals surface area contributed by atoms with Crippen molar-refractivity contribution in [2.75, 3.05) is 25.6 Å². The number of halogens is 1. The van der Waals surface area contributed by atoms with Crippen LogP contribution in [0, 0.1) is 5.82 Å². The van der Waals surface area contributed by atoms with Gasteiger partial charge in [-0.2, -0.15) is 0 Å². The molecule has 0 aliphatic rings. The molecule has 112 valence electrons. The first-order chi connectivity index (χ1) is 10.2. The van der Waals surface area contributed by atoms with Gasteiger partial charge in [0, 0.05) is 18.9 Å². The summed E-state index contributed by atoms with van der Waals surface area (Å²) in [6.45, 7) is 3.03. The first-order valence-electron chi connectivity index (χ1n) is 6.79. The molecule has 0 saturated carbocycles. The molecule has 1 aromatic carbocycles. The van der Waals surface area contributed by atoms with Gasteiger partial charge < -0.3 is 14.8 Å². The molecule has 0 fully saturated rings. The maximum atomic E-state index is 12.9. The monoisotopic (exact) mass is 290 g/mol. The Morgan fingerprint density at radius 2 is 2.10 bits per heavy atom. The first-order valence-corrected chi connectivity index (χ1v) is 6.79. The van der Waals surface area contributed by atoms with Gasteiger partial charge in [0.1, 0.15) is 18.2 Å². The summed E-state index contributed by atoms with van der Waals surface area (Å²) >= 11 is 0. The topological polar surface area (TPSA) is 43.4 Å². The molecule has 0 aliphatic heterocycles. The number of hydrogen-bond donors (Lipinski definition) is 1. The Kier molecular flexibility index (Phi) is 5.51. The summed E-state index contributed by atoms with van der Waals surface area (Å²) < 4.78 is 23.4. The molecular formula is C16H19FN2O2. The molecular weight excluding hydrogens is 271 g/mol. The lowest BCUT2D eigenvalue weighted by Crippen LogP contribution is -2.09. The van der Waals surface area contributed by atoms with Crippen molar-refractivity contribution in [2.24, 2.45) is 0 Å². The third-order valence-electron chi connectivity index (χ3n) is 2.97. The van der Waals surface area contributed by atoms with E-state index in [9.17, 15) is 4.39 Å². The number of nitrogens with zero attached hydrogens (tertiary/aromatic N) is 1. The Morgan fingerprint density at radius 3 is 2.81 bits per heavy atom. The molecule has 2 rings (SSSR count). The highest BCUT2D eigenvalue weighted by Gasteiger charge is 2.07. The second-order valence-electron chi connectivity index (χ2n) is 4.64. The highest BCUT2D eigenvalue weighted by atomic mass is 19.1. The van der Waals surface area contributed by atoms with Crippen LogP contribution in [0.2, 0.25) is 0 Å². The van der Waals surface area contributed by atoms with Gasteiger partial charge in [0.25, 0.3) is 0 Å². The molecule has 21 heavy (non-hydrogen) atoms. The number of nitrogens with one attached hydrogen (secondary N) is 1. The fourth-order valence-corrected chi connectivity index (χ4v) is 1.89.